The Morgan fingerprint density at radius 3 is 2.57 bits per heavy atom. The third-order valence-electron chi connectivity index (χ3n) is 1.61. The molecule has 0 amide bonds. The molecule has 4 nitrogen and oxygen atoms in total. The zero-order chi connectivity index (χ0) is 10.4. The number of rotatable bonds is 2. The van der Waals surface area contributed by atoms with Gasteiger partial charge < -0.3 is 9.47 Å². The van der Waals surface area contributed by atoms with Crippen molar-refractivity contribution in [3.05, 3.63) is 35.4 Å². The molecule has 1 aromatic rings. The fourth-order valence-electron chi connectivity index (χ4n) is 0.877. The predicted octanol–water partition coefficient (Wildman–Crippen LogP) is 1.84. The van der Waals surface area contributed by atoms with Crippen molar-refractivity contribution in [2.24, 2.45) is 0 Å². The molecule has 0 heterocycles. The molecule has 0 aliphatic heterocycles. The molecule has 72 valence electrons. The Balaban J connectivity index is 2.53. The number of nitriles is 1. The van der Waals surface area contributed by atoms with Crippen molar-refractivity contribution in [1.82, 2.24) is 0 Å². The van der Waals surface area contributed by atoms with Gasteiger partial charge in [0.25, 0.3) is 0 Å². The lowest BCUT2D eigenvalue weighted by Crippen LogP contribution is -2.03. The first-order valence-electron chi connectivity index (χ1n) is 3.96. The number of carbonyl (C=O) groups excluding carboxylic acids is 1. The van der Waals surface area contributed by atoms with Crippen LogP contribution < -0.4 is 0 Å². The van der Waals surface area contributed by atoms with Crippen LogP contribution in [0.3, 0.4) is 0 Å². The van der Waals surface area contributed by atoms with Crippen molar-refractivity contribution in [3.8, 4) is 6.07 Å². The summed E-state index contributed by atoms with van der Waals surface area (Å²) in [6.07, 6.45) is -0.714. The largest absolute Gasteiger partial charge is 0.508 e. The van der Waals surface area contributed by atoms with Gasteiger partial charge in [0.1, 0.15) is 6.61 Å². The standard InChI is InChI=1S/C10H9NO3/c1-13-10(12)14-7-9-4-2-8(6-11)3-5-9/h2-5H,7H2,1H3. The molecule has 0 atom stereocenters. The van der Waals surface area contributed by atoms with Gasteiger partial charge in [-0.15, -0.1) is 0 Å². The summed E-state index contributed by atoms with van der Waals surface area (Å²) >= 11 is 0. The number of carbonyl (C=O) groups is 1. The highest BCUT2D eigenvalue weighted by molar-refractivity contribution is 5.59. The van der Waals surface area contributed by atoms with Crippen molar-refractivity contribution in [3.63, 3.8) is 0 Å². The Bertz CT molecular complexity index is 351. The minimum absolute atomic E-state index is 0.151. The first-order chi connectivity index (χ1) is 6.76. The topological polar surface area (TPSA) is 59.3 Å². The van der Waals surface area contributed by atoms with E-state index in [2.05, 4.69) is 4.74 Å². The van der Waals surface area contributed by atoms with E-state index < -0.39 is 6.16 Å². The molecular weight excluding hydrogens is 182 g/mol. The summed E-state index contributed by atoms with van der Waals surface area (Å²) in [5.74, 6) is 0. The molecule has 0 saturated carbocycles. The molecule has 0 unspecified atom stereocenters. The second-order valence-corrected chi connectivity index (χ2v) is 2.55. The van der Waals surface area contributed by atoms with E-state index in [1.54, 1.807) is 24.3 Å². The van der Waals surface area contributed by atoms with Crippen LogP contribution in [-0.2, 0) is 16.1 Å². The highest BCUT2D eigenvalue weighted by Crippen LogP contribution is 2.04. The summed E-state index contributed by atoms with van der Waals surface area (Å²) in [6.45, 7) is 0.151. The first-order valence-corrected chi connectivity index (χ1v) is 3.96. The minimum atomic E-state index is -0.714. The van der Waals surface area contributed by atoms with Gasteiger partial charge in [-0.3, -0.25) is 0 Å². The van der Waals surface area contributed by atoms with Crippen LogP contribution in [0.5, 0.6) is 0 Å². The third-order valence-corrected chi connectivity index (χ3v) is 1.61. The molecule has 4 heteroatoms. The SMILES string of the molecule is COC(=O)OCc1ccc(C#N)cc1. The summed E-state index contributed by atoms with van der Waals surface area (Å²) < 4.78 is 9.01. The van der Waals surface area contributed by atoms with E-state index in [-0.39, 0.29) is 6.61 Å². The Morgan fingerprint density at radius 2 is 2.07 bits per heavy atom. The van der Waals surface area contributed by atoms with Gasteiger partial charge in [0.05, 0.1) is 18.7 Å². The van der Waals surface area contributed by atoms with E-state index in [4.69, 9.17) is 10.00 Å². The van der Waals surface area contributed by atoms with E-state index in [9.17, 15) is 4.79 Å². The van der Waals surface area contributed by atoms with Crippen LogP contribution in [0.25, 0.3) is 0 Å². The van der Waals surface area contributed by atoms with Crippen LogP contribution in [0, 0.1) is 11.3 Å². The quantitative estimate of drug-likeness (QED) is 0.669. The smallest absolute Gasteiger partial charge is 0.438 e. The van der Waals surface area contributed by atoms with Crippen LogP contribution in [0.15, 0.2) is 24.3 Å². The summed E-state index contributed by atoms with van der Waals surface area (Å²) in [4.78, 5) is 10.6. The fraction of sp³-hybridized carbons (Fsp3) is 0.200. The van der Waals surface area contributed by atoms with E-state index >= 15 is 0 Å². The molecule has 0 aliphatic rings. The lowest BCUT2D eigenvalue weighted by atomic mass is 10.2. The van der Waals surface area contributed by atoms with Crippen LogP contribution in [0.1, 0.15) is 11.1 Å². The Hall–Kier alpha value is -2.02. The normalized spacial score (nSPS) is 8.86. The number of ether oxygens (including phenoxy) is 2. The van der Waals surface area contributed by atoms with Gasteiger partial charge in [-0.05, 0) is 17.7 Å². The maximum atomic E-state index is 10.6. The molecule has 1 rings (SSSR count). The number of nitrogens with zero attached hydrogens (tertiary/aromatic N) is 1. The molecule has 0 radical (unpaired) electrons. The number of methoxy groups -OCH3 is 1. The van der Waals surface area contributed by atoms with Gasteiger partial charge in [-0.2, -0.15) is 5.26 Å². The molecule has 0 aliphatic carbocycles. The highest BCUT2D eigenvalue weighted by atomic mass is 16.7. The summed E-state index contributed by atoms with van der Waals surface area (Å²) in [6, 6.07) is 8.77. The molecular formula is C10H9NO3. The van der Waals surface area contributed by atoms with Gasteiger partial charge in [-0.1, -0.05) is 12.1 Å². The van der Waals surface area contributed by atoms with Crippen LogP contribution >= 0.6 is 0 Å². The number of benzene rings is 1. The monoisotopic (exact) mass is 191 g/mol. The zero-order valence-corrected chi connectivity index (χ0v) is 7.69. The minimum Gasteiger partial charge on any atom is -0.438 e. The van der Waals surface area contributed by atoms with Gasteiger partial charge in [0, 0.05) is 0 Å². The number of hydrogen-bond acceptors (Lipinski definition) is 4. The van der Waals surface area contributed by atoms with E-state index in [0.29, 0.717) is 5.56 Å². The van der Waals surface area contributed by atoms with Crippen molar-refractivity contribution in [2.45, 2.75) is 6.61 Å². The molecule has 0 spiro atoms. The third kappa shape index (κ3) is 2.79. The van der Waals surface area contributed by atoms with Crippen molar-refractivity contribution < 1.29 is 14.3 Å². The maximum Gasteiger partial charge on any atom is 0.508 e. The van der Waals surface area contributed by atoms with Crippen LogP contribution in [-0.4, -0.2) is 13.3 Å². The summed E-state index contributed by atoms with van der Waals surface area (Å²) in [5, 5.41) is 8.53. The van der Waals surface area contributed by atoms with Crippen molar-refractivity contribution >= 4 is 6.16 Å². The van der Waals surface area contributed by atoms with Gasteiger partial charge in [0.15, 0.2) is 0 Å². The van der Waals surface area contributed by atoms with Gasteiger partial charge in [-0.25, -0.2) is 4.79 Å². The number of hydrogen-bond donors (Lipinski definition) is 0. The van der Waals surface area contributed by atoms with Gasteiger partial charge >= 0.3 is 6.16 Å². The maximum absolute atomic E-state index is 10.6. The highest BCUT2D eigenvalue weighted by Gasteiger charge is 2.00. The second kappa shape index (κ2) is 4.87. The molecule has 0 fully saturated rings. The van der Waals surface area contributed by atoms with Crippen molar-refractivity contribution in [1.29, 1.82) is 5.26 Å². The van der Waals surface area contributed by atoms with Gasteiger partial charge in [0.2, 0.25) is 0 Å². The molecule has 0 aromatic heterocycles. The molecule has 14 heavy (non-hydrogen) atoms. The average Bonchev–Trinajstić information content (AvgIpc) is 2.26. The lowest BCUT2D eigenvalue weighted by Gasteiger charge is -2.02. The molecule has 1 aromatic carbocycles. The first kappa shape index (κ1) is 10.1. The zero-order valence-electron chi connectivity index (χ0n) is 7.69. The fourth-order valence-corrected chi connectivity index (χ4v) is 0.877. The Morgan fingerprint density at radius 1 is 1.43 bits per heavy atom. The van der Waals surface area contributed by atoms with E-state index in [0.717, 1.165) is 5.56 Å². The summed E-state index contributed by atoms with van der Waals surface area (Å²) in [5.41, 5.74) is 1.39. The summed E-state index contributed by atoms with van der Waals surface area (Å²) in [7, 11) is 1.25. The van der Waals surface area contributed by atoms with E-state index in [1.165, 1.54) is 7.11 Å². The molecule has 0 saturated heterocycles. The predicted molar refractivity (Wildman–Crippen MR) is 48.4 cm³/mol. The average molecular weight is 191 g/mol. The molecule has 0 bridgehead atoms. The molecule has 0 N–H and O–H groups in total. The van der Waals surface area contributed by atoms with E-state index in [1.807, 2.05) is 6.07 Å². The Labute approximate surface area is 81.7 Å². The lowest BCUT2D eigenvalue weighted by molar-refractivity contribution is 0.0669. The van der Waals surface area contributed by atoms with Crippen LogP contribution in [0.2, 0.25) is 0 Å². The second-order valence-electron chi connectivity index (χ2n) is 2.55. The van der Waals surface area contributed by atoms with Crippen molar-refractivity contribution in [2.75, 3.05) is 7.11 Å². The Kier molecular flexibility index (Phi) is 3.50. The van der Waals surface area contributed by atoms with Crippen LogP contribution in [0.4, 0.5) is 4.79 Å².